The number of thiophene rings is 1. The van der Waals surface area contributed by atoms with Crippen molar-refractivity contribution in [2.24, 2.45) is 11.8 Å². The predicted molar refractivity (Wildman–Crippen MR) is 83.2 cm³/mol. The Morgan fingerprint density at radius 1 is 1.11 bits per heavy atom. The van der Waals surface area contributed by atoms with E-state index >= 15 is 0 Å². The molecule has 1 N–H and O–H groups in total. The zero-order valence-electron chi connectivity index (χ0n) is 12.6. The monoisotopic (exact) mass is 267 g/mol. The number of hydrogen-bond acceptors (Lipinski definition) is 2. The van der Waals surface area contributed by atoms with Crippen LogP contribution in [0.2, 0.25) is 0 Å². The van der Waals surface area contributed by atoms with Gasteiger partial charge in [0.25, 0.3) is 0 Å². The Morgan fingerprint density at radius 3 is 2.22 bits per heavy atom. The van der Waals surface area contributed by atoms with Crippen molar-refractivity contribution in [3.05, 3.63) is 21.9 Å². The molecule has 0 aliphatic heterocycles. The smallest absolute Gasteiger partial charge is 0.0305 e. The van der Waals surface area contributed by atoms with Crippen LogP contribution in [0.25, 0.3) is 0 Å². The Hall–Kier alpha value is -0.340. The van der Waals surface area contributed by atoms with Crippen molar-refractivity contribution >= 4 is 11.3 Å². The van der Waals surface area contributed by atoms with Gasteiger partial charge in [-0.15, -0.1) is 11.3 Å². The molecule has 0 fully saturated rings. The Kier molecular flexibility index (Phi) is 6.95. The summed E-state index contributed by atoms with van der Waals surface area (Å²) in [5.41, 5.74) is 1.51. The summed E-state index contributed by atoms with van der Waals surface area (Å²) in [5.74, 6) is 1.55. The normalized spacial score (nSPS) is 12.0. The van der Waals surface area contributed by atoms with Gasteiger partial charge in [0.2, 0.25) is 0 Å². The Labute approximate surface area is 117 Å². The molecule has 18 heavy (non-hydrogen) atoms. The van der Waals surface area contributed by atoms with Crippen molar-refractivity contribution in [2.45, 2.75) is 66.5 Å². The largest absolute Gasteiger partial charge is 0.309 e. The molecule has 0 bridgehead atoms. The van der Waals surface area contributed by atoms with E-state index in [1.165, 1.54) is 23.3 Å². The highest BCUT2D eigenvalue weighted by Gasteiger charge is 2.13. The molecule has 1 aromatic rings. The maximum atomic E-state index is 3.77. The van der Waals surface area contributed by atoms with E-state index in [0.29, 0.717) is 6.04 Å². The van der Waals surface area contributed by atoms with Crippen LogP contribution in [0.5, 0.6) is 0 Å². The van der Waals surface area contributed by atoms with Crippen molar-refractivity contribution in [3.63, 3.8) is 0 Å². The standard InChI is InChI=1S/C16H29NS/c1-6-14-7-8-18-16(14)11-17-15(9-12(2)3)10-13(4)5/h7-8,12-13,15,17H,6,9-11H2,1-5H3. The minimum Gasteiger partial charge on any atom is -0.309 e. The van der Waals surface area contributed by atoms with Crippen LogP contribution in [0.3, 0.4) is 0 Å². The quantitative estimate of drug-likeness (QED) is 0.709. The van der Waals surface area contributed by atoms with E-state index in [0.717, 1.165) is 24.8 Å². The summed E-state index contributed by atoms with van der Waals surface area (Å²) in [7, 11) is 0. The molecule has 0 atom stereocenters. The molecule has 0 saturated carbocycles. The highest BCUT2D eigenvalue weighted by molar-refractivity contribution is 7.10. The fourth-order valence-corrected chi connectivity index (χ4v) is 3.40. The maximum Gasteiger partial charge on any atom is 0.0305 e. The maximum absolute atomic E-state index is 3.77. The molecule has 104 valence electrons. The fraction of sp³-hybridized carbons (Fsp3) is 0.750. The summed E-state index contributed by atoms with van der Waals surface area (Å²) in [5, 5.41) is 5.99. The van der Waals surface area contributed by atoms with Gasteiger partial charge in [-0.1, -0.05) is 34.6 Å². The molecule has 0 unspecified atom stereocenters. The third-order valence-corrected chi connectivity index (χ3v) is 4.24. The van der Waals surface area contributed by atoms with Crippen LogP contribution in [0, 0.1) is 11.8 Å². The number of aryl methyl sites for hydroxylation is 1. The summed E-state index contributed by atoms with van der Waals surface area (Å²) < 4.78 is 0. The molecule has 0 aliphatic rings. The number of hydrogen-bond donors (Lipinski definition) is 1. The zero-order valence-corrected chi connectivity index (χ0v) is 13.4. The van der Waals surface area contributed by atoms with E-state index < -0.39 is 0 Å². The van der Waals surface area contributed by atoms with Gasteiger partial charge in [-0.05, 0) is 48.1 Å². The third-order valence-electron chi connectivity index (χ3n) is 3.28. The topological polar surface area (TPSA) is 12.0 Å². The first-order valence-electron chi connectivity index (χ1n) is 7.31. The molecule has 0 radical (unpaired) electrons. The lowest BCUT2D eigenvalue weighted by atomic mass is 9.95. The van der Waals surface area contributed by atoms with E-state index in [4.69, 9.17) is 0 Å². The Morgan fingerprint density at radius 2 is 1.72 bits per heavy atom. The van der Waals surface area contributed by atoms with E-state index in [2.05, 4.69) is 51.4 Å². The number of nitrogens with one attached hydrogen (secondary N) is 1. The van der Waals surface area contributed by atoms with Crippen molar-refractivity contribution in [2.75, 3.05) is 0 Å². The third kappa shape index (κ3) is 5.53. The summed E-state index contributed by atoms with van der Waals surface area (Å²) in [6, 6.07) is 2.93. The Bertz CT molecular complexity index is 318. The van der Waals surface area contributed by atoms with Gasteiger partial charge < -0.3 is 5.32 Å². The first-order chi connectivity index (χ1) is 8.52. The molecule has 0 aliphatic carbocycles. The van der Waals surface area contributed by atoms with Gasteiger partial charge in [0.15, 0.2) is 0 Å². The molecule has 1 heterocycles. The van der Waals surface area contributed by atoms with Gasteiger partial charge in [0.05, 0.1) is 0 Å². The lowest BCUT2D eigenvalue weighted by molar-refractivity contribution is 0.359. The van der Waals surface area contributed by atoms with Gasteiger partial charge in [-0.2, -0.15) is 0 Å². The first-order valence-corrected chi connectivity index (χ1v) is 8.19. The van der Waals surface area contributed by atoms with Crippen LogP contribution in [0.4, 0.5) is 0 Å². The molecule has 2 heteroatoms. The van der Waals surface area contributed by atoms with E-state index in [-0.39, 0.29) is 0 Å². The molecule has 0 amide bonds. The molecule has 0 saturated heterocycles. The van der Waals surface area contributed by atoms with Gasteiger partial charge in [0, 0.05) is 17.5 Å². The summed E-state index contributed by atoms with van der Waals surface area (Å²) in [6.45, 7) is 12.6. The minimum atomic E-state index is 0.664. The lowest BCUT2D eigenvalue weighted by Gasteiger charge is -2.22. The second-order valence-electron chi connectivity index (χ2n) is 6.06. The van der Waals surface area contributed by atoms with Crippen LogP contribution in [-0.2, 0) is 13.0 Å². The van der Waals surface area contributed by atoms with Gasteiger partial charge in [0.1, 0.15) is 0 Å². The highest BCUT2D eigenvalue weighted by Crippen LogP contribution is 2.19. The SMILES string of the molecule is CCc1ccsc1CNC(CC(C)C)CC(C)C. The van der Waals surface area contributed by atoms with Crippen LogP contribution in [0.1, 0.15) is 57.9 Å². The van der Waals surface area contributed by atoms with E-state index in [1.54, 1.807) is 0 Å². The van der Waals surface area contributed by atoms with E-state index in [1.807, 2.05) is 11.3 Å². The second kappa shape index (κ2) is 7.96. The van der Waals surface area contributed by atoms with Gasteiger partial charge in [-0.25, -0.2) is 0 Å². The Balaban J connectivity index is 2.50. The van der Waals surface area contributed by atoms with Crippen molar-refractivity contribution < 1.29 is 0 Å². The minimum absolute atomic E-state index is 0.664. The molecular formula is C16H29NS. The van der Waals surface area contributed by atoms with Crippen molar-refractivity contribution in [1.82, 2.24) is 5.32 Å². The molecule has 1 rings (SSSR count). The zero-order chi connectivity index (χ0) is 13.5. The van der Waals surface area contributed by atoms with E-state index in [9.17, 15) is 0 Å². The molecule has 1 aromatic heterocycles. The fourth-order valence-electron chi connectivity index (χ4n) is 2.48. The van der Waals surface area contributed by atoms with Gasteiger partial charge >= 0.3 is 0 Å². The summed E-state index contributed by atoms with van der Waals surface area (Å²) in [4.78, 5) is 1.52. The van der Waals surface area contributed by atoms with Crippen LogP contribution in [-0.4, -0.2) is 6.04 Å². The van der Waals surface area contributed by atoms with Crippen LogP contribution < -0.4 is 5.32 Å². The van der Waals surface area contributed by atoms with Crippen molar-refractivity contribution in [3.8, 4) is 0 Å². The van der Waals surface area contributed by atoms with Crippen LogP contribution in [0.15, 0.2) is 11.4 Å². The van der Waals surface area contributed by atoms with Crippen LogP contribution >= 0.6 is 11.3 Å². The predicted octanol–water partition coefficient (Wildman–Crippen LogP) is 4.86. The lowest BCUT2D eigenvalue weighted by Crippen LogP contribution is -2.31. The summed E-state index contributed by atoms with van der Waals surface area (Å²) >= 11 is 1.89. The second-order valence-corrected chi connectivity index (χ2v) is 7.06. The molecular weight excluding hydrogens is 238 g/mol. The molecule has 0 aromatic carbocycles. The highest BCUT2D eigenvalue weighted by atomic mass is 32.1. The van der Waals surface area contributed by atoms with Crippen molar-refractivity contribution in [1.29, 1.82) is 0 Å². The van der Waals surface area contributed by atoms with Gasteiger partial charge in [-0.3, -0.25) is 0 Å². The average Bonchev–Trinajstić information content (AvgIpc) is 2.71. The first kappa shape index (κ1) is 15.7. The molecule has 1 nitrogen and oxygen atoms in total. The number of rotatable bonds is 8. The molecule has 0 spiro atoms. The summed E-state index contributed by atoms with van der Waals surface area (Å²) in [6.07, 6.45) is 3.72. The average molecular weight is 267 g/mol.